The van der Waals surface area contributed by atoms with E-state index in [4.69, 9.17) is 4.52 Å². The molecule has 0 spiro atoms. The molecule has 0 bridgehead atoms. The summed E-state index contributed by atoms with van der Waals surface area (Å²) in [7, 11) is 2.09. The van der Waals surface area contributed by atoms with E-state index in [1.54, 1.807) is 0 Å². The molecule has 3 nitrogen and oxygen atoms in total. The van der Waals surface area contributed by atoms with Gasteiger partial charge in [0.2, 0.25) is 0 Å². The van der Waals surface area contributed by atoms with Gasteiger partial charge >= 0.3 is 0 Å². The van der Waals surface area contributed by atoms with Crippen molar-refractivity contribution in [1.82, 2.24) is 10.1 Å². The Hall–Kier alpha value is -1.61. The van der Waals surface area contributed by atoms with Crippen LogP contribution in [-0.2, 0) is 13.1 Å². The highest BCUT2D eigenvalue weighted by atomic mass is 16.5. The van der Waals surface area contributed by atoms with Crippen LogP contribution in [0.15, 0.2) is 34.9 Å². The highest BCUT2D eigenvalue weighted by Crippen LogP contribution is 2.10. The smallest absolute Gasteiger partial charge is 0.133 e. The van der Waals surface area contributed by atoms with Gasteiger partial charge in [-0.3, -0.25) is 4.90 Å². The molecule has 17 heavy (non-hydrogen) atoms. The second-order valence-corrected chi connectivity index (χ2v) is 4.59. The van der Waals surface area contributed by atoms with Crippen LogP contribution in [0.4, 0.5) is 0 Å². The molecule has 0 fully saturated rings. The predicted octanol–water partition coefficient (Wildman–Crippen LogP) is 2.92. The average molecular weight is 230 g/mol. The molecule has 2 aromatic rings. The van der Waals surface area contributed by atoms with E-state index in [2.05, 4.69) is 48.3 Å². The fraction of sp³-hybridized carbons (Fsp3) is 0.357. The van der Waals surface area contributed by atoms with E-state index < -0.39 is 0 Å². The average Bonchev–Trinajstić information content (AvgIpc) is 2.63. The number of aromatic nitrogens is 1. The normalized spacial score (nSPS) is 11.1. The first-order valence-corrected chi connectivity index (χ1v) is 5.80. The van der Waals surface area contributed by atoms with Crippen molar-refractivity contribution in [3.05, 3.63) is 52.9 Å². The summed E-state index contributed by atoms with van der Waals surface area (Å²) in [4.78, 5) is 2.23. The van der Waals surface area contributed by atoms with E-state index in [9.17, 15) is 0 Å². The lowest BCUT2D eigenvalue weighted by Crippen LogP contribution is -2.17. The van der Waals surface area contributed by atoms with E-state index in [0.29, 0.717) is 0 Å². The minimum atomic E-state index is 0.811. The van der Waals surface area contributed by atoms with Crippen LogP contribution >= 0.6 is 0 Å². The van der Waals surface area contributed by atoms with E-state index in [1.165, 1.54) is 11.1 Å². The van der Waals surface area contributed by atoms with Crippen molar-refractivity contribution >= 4 is 0 Å². The lowest BCUT2D eigenvalue weighted by molar-refractivity contribution is 0.302. The van der Waals surface area contributed by atoms with Crippen molar-refractivity contribution in [2.24, 2.45) is 0 Å². The van der Waals surface area contributed by atoms with E-state index in [1.807, 2.05) is 13.0 Å². The summed E-state index contributed by atoms with van der Waals surface area (Å²) < 4.78 is 5.06. The van der Waals surface area contributed by atoms with Gasteiger partial charge in [-0.05, 0) is 26.5 Å². The Morgan fingerprint density at radius 3 is 2.65 bits per heavy atom. The van der Waals surface area contributed by atoms with E-state index >= 15 is 0 Å². The van der Waals surface area contributed by atoms with Gasteiger partial charge in [-0.1, -0.05) is 35.0 Å². The first-order chi connectivity index (χ1) is 8.13. The van der Waals surface area contributed by atoms with Gasteiger partial charge in [0.25, 0.3) is 0 Å². The second-order valence-electron chi connectivity index (χ2n) is 4.59. The molecular formula is C14H18N2O. The summed E-state index contributed by atoms with van der Waals surface area (Å²) in [6.07, 6.45) is 0. The summed E-state index contributed by atoms with van der Waals surface area (Å²) in [5.41, 5.74) is 3.61. The number of hydrogen-bond donors (Lipinski definition) is 0. The van der Waals surface area contributed by atoms with Crippen LogP contribution in [0.3, 0.4) is 0 Å². The van der Waals surface area contributed by atoms with Crippen molar-refractivity contribution in [2.45, 2.75) is 26.9 Å². The molecule has 0 saturated heterocycles. The van der Waals surface area contributed by atoms with Gasteiger partial charge < -0.3 is 4.52 Å². The molecule has 0 radical (unpaired) electrons. The van der Waals surface area contributed by atoms with Crippen molar-refractivity contribution in [1.29, 1.82) is 0 Å². The largest absolute Gasteiger partial charge is 0.361 e. The summed E-state index contributed by atoms with van der Waals surface area (Å²) >= 11 is 0. The molecule has 0 saturated carbocycles. The topological polar surface area (TPSA) is 29.3 Å². The molecule has 0 atom stereocenters. The number of benzene rings is 1. The molecule has 1 aromatic heterocycles. The highest BCUT2D eigenvalue weighted by molar-refractivity contribution is 5.22. The molecule has 0 unspecified atom stereocenters. The third kappa shape index (κ3) is 3.43. The molecule has 0 aliphatic rings. The predicted molar refractivity (Wildman–Crippen MR) is 67.6 cm³/mol. The third-order valence-electron chi connectivity index (χ3n) is 2.64. The van der Waals surface area contributed by atoms with Crippen LogP contribution in [0.1, 0.15) is 22.6 Å². The Kier molecular flexibility index (Phi) is 3.59. The Balaban J connectivity index is 1.95. The van der Waals surface area contributed by atoms with E-state index in [0.717, 1.165) is 24.5 Å². The van der Waals surface area contributed by atoms with Crippen molar-refractivity contribution in [2.75, 3.05) is 7.05 Å². The molecule has 3 heteroatoms. The van der Waals surface area contributed by atoms with Crippen LogP contribution in [0.25, 0.3) is 0 Å². The van der Waals surface area contributed by atoms with Gasteiger partial charge in [-0.25, -0.2) is 0 Å². The number of nitrogens with zero attached hydrogens (tertiary/aromatic N) is 2. The summed E-state index contributed by atoms with van der Waals surface area (Å²) in [6.45, 7) is 5.76. The van der Waals surface area contributed by atoms with Gasteiger partial charge in [0.1, 0.15) is 5.76 Å². The Bertz CT molecular complexity index is 490. The summed E-state index contributed by atoms with van der Waals surface area (Å²) in [5, 5.41) is 4.00. The molecule has 0 amide bonds. The first-order valence-electron chi connectivity index (χ1n) is 5.80. The number of aryl methyl sites for hydroxylation is 2. The standard InChI is InChI=1S/C14H18N2O/c1-11-5-4-6-13(7-11)9-16(3)10-14-8-12(2)17-15-14/h4-8H,9-10H2,1-3H3. The zero-order chi connectivity index (χ0) is 12.3. The van der Waals surface area contributed by atoms with Crippen LogP contribution in [0, 0.1) is 13.8 Å². The van der Waals surface area contributed by atoms with Crippen molar-refractivity contribution in [3.8, 4) is 0 Å². The highest BCUT2D eigenvalue weighted by Gasteiger charge is 2.05. The SMILES string of the molecule is Cc1cccc(CN(C)Cc2cc(C)on2)c1. The zero-order valence-corrected chi connectivity index (χ0v) is 10.6. The van der Waals surface area contributed by atoms with Gasteiger partial charge in [-0.15, -0.1) is 0 Å². The Morgan fingerprint density at radius 1 is 1.18 bits per heavy atom. The number of hydrogen-bond acceptors (Lipinski definition) is 3. The van der Waals surface area contributed by atoms with Crippen LogP contribution < -0.4 is 0 Å². The fourth-order valence-electron chi connectivity index (χ4n) is 1.95. The molecule has 1 heterocycles. The van der Waals surface area contributed by atoms with Gasteiger partial charge in [-0.2, -0.15) is 0 Å². The molecule has 2 rings (SSSR count). The quantitative estimate of drug-likeness (QED) is 0.808. The van der Waals surface area contributed by atoms with Crippen molar-refractivity contribution in [3.63, 3.8) is 0 Å². The second kappa shape index (κ2) is 5.15. The molecular weight excluding hydrogens is 212 g/mol. The van der Waals surface area contributed by atoms with Gasteiger partial charge in [0.05, 0.1) is 5.69 Å². The van der Waals surface area contributed by atoms with Crippen LogP contribution in [-0.4, -0.2) is 17.1 Å². The lowest BCUT2D eigenvalue weighted by Gasteiger charge is -2.15. The van der Waals surface area contributed by atoms with Gasteiger partial charge in [0.15, 0.2) is 0 Å². The molecule has 0 aliphatic heterocycles. The lowest BCUT2D eigenvalue weighted by atomic mass is 10.1. The van der Waals surface area contributed by atoms with E-state index in [-0.39, 0.29) is 0 Å². The maximum atomic E-state index is 5.06. The zero-order valence-electron chi connectivity index (χ0n) is 10.6. The fourth-order valence-corrected chi connectivity index (χ4v) is 1.95. The van der Waals surface area contributed by atoms with Gasteiger partial charge in [0, 0.05) is 19.2 Å². The summed E-state index contributed by atoms with van der Waals surface area (Å²) in [6, 6.07) is 10.6. The molecule has 1 aromatic carbocycles. The summed E-state index contributed by atoms with van der Waals surface area (Å²) in [5.74, 6) is 0.865. The van der Waals surface area contributed by atoms with Crippen LogP contribution in [0.5, 0.6) is 0 Å². The minimum absolute atomic E-state index is 0.811. The molecule has 90 valence electrons. The monoisotopic (exact) mass is 230 g/mol. The third-order valence-corrected chi connectivity index (χ3v) is 2.64. The Morgan fingerprint density at radius 2 is 2.00 bits per heavy atom. The maximum absolute atomic E-state index is 5.06. The van der Waals surface area contributed by atoms with Crippen LogP contribution in [0.2, 0.25) is 0 Å². The minimum Gasteiger partial charge on any atom is -0.361 e. The first kappa shape index (κ1) is 11.9. The Labute approximate surface area is 102 Å². The van der Waals surface area contributed by atoms with Crippen molar-refractivity contribution < 1.29 is 4.52 Å². The molecule has 0 aliphatic carbocycles. The number of rotatable bonds is 4. The maximum Gasteiger partial charge on any atom is 0.133 e. The molecule has 0 N–H and O–H groups in total.